The first-order valence-corrected chi connectivity index (χ1v) is 11.4. The fraction of sp³-hybridized carbons (Fsp3) is 0.792. The number of hydrogen-bond donors (Lipinski definition) is 3. The Balaban J connectivity index is 1.48. The average Bonchev–Trinajstić information content (AvgIpc) is 3.34. The van der Waals surface area contributed by atoms with Gasteiger partial charge in [-0.15, -0.1) is 0 Å². The topological polar surface area (TPSA) is 77.8 Å². The SMILES string of the molecule is CC(C[C@@H](O)C=C[C@@H]1[C@H]2CC(=CCCCC(=O)O)C[C@@H]2C[C@H]1O)C1CCCC1. The summed E-state index contributed by atoms with van der Waals surface area (Å²) in [5.74, 6) is 1.76. The Morgan fingerprint density at radius 3 is 2.71 bits per heavy atom. The lowest BCUT2D eigenvalue weighted by atomic mass is 9.86. The number of aliphatic hydroxyl groups is 2. The summed E-state index contributed by atoms with van der Waals surface area (Å²) in [5, 5.41) is 29.7. The molecule has 28 heavy (non-hydrogen) atoms. The number of carbonyl (C=O) groups is 1. The monoisotopic (exact) mass is 390 g/mol. The van der Waals surface area contributed by atoms with Crippen LogP contribution in [0.15, 0.2) is 23.8 Å². The summed E-state index contributed by atoms with van der Waals surface area (Å²) >= 11 is 0. The molecule has 0 bridgehead atoms. The molecule has 0 aromatic heterocycles. The maximum Gasteiger partial charge on any atom is 0.303 e. The fourth-order valence-electron chi connectivity index (χ4n) is 5.93. The maximum absolute atomic E-state index is 10.6. The molecule has 3 N–H and O–H groups in total. The Morgan fingerprint density at radius 1 is 1.25 bits per heavy atom. The Bertz CT molecular complexity index is 575. The summed E-state index contributed by atoms with van der Waals surface area (Å²) in [5.41, 5.74) is 1.43. The van der Waals surface area contributed by atoms with Crippen LogP contribution in [-0.2, 0) is 4.79 Å². The lowest BCUT2D eigenvalue weighted by molar-refractivity contribution is -0.137. The van der Waals surface area contributed by atoms with E-state index < -0.39 is 12.1 Å². The van der Waals surface area contributed by atoms with Crippen molar-refractivity contribution in [2.24, 2.45) is 29.6 Å². The van der Waals surface area contributed by atoms with E-state index in [4.69, 9.17) is 5.11 Å². The second-order valence-electron chi connectivity index (χ2n) is 9.57. The number of hydrogen-bond acceptors (Lipinski definition) is 3. The van der Waals surface area contributed by atoms with E-state index in [1.54, 1.807) is 0 Å². The molecule has 3 saturated carbocycles. The third-order valence-electron chi connectivity index (χ3n) is 7.51. The van der Waals surface area contributed by atoms with Gasteiger partial charge in [-0.25, -0.2) is 0 Å². The van der Waals surface area contributed by atoms with E-state index in [1.165, 1.54) is 31.3 Å². The summed E-state index contributed by atoms with van der Waals surface area (Å²) in [6.07, 6.45) is 16.4. The van der Waals surface area contributed by atoms with Gasteiger partial charge in [-0.1, -0.05) is 56.4 Å². The number of unbranched alkanes of at least 4 members (excludes halogenated alkanes) is 1. The summed E-state index contributed by atoms with van der Waals surface area (Å²) in [6.45, 7) is 2.27. The van der Waals surface area contributed by atoms with E-state index >= 15 is 0 Å². The second kappa shape index (κ2) is 10.1. The van der Waals surface area contributed by atoms with Gasteiger partial charge in [-0.3, -0.25) is 4.79 Å². The summed E-state index contributed by atoms with van der Waals surface area (Å²) in [6, 6.07) is 0. The molecule has 0 aromatic rings. The van der Waals surface area contributed by atoms with Crippen LogP contribution < -0.4 is 0 Å². The van der Waals surface area contributed by atoms with Gasteiger partial charge >= 0.3 is 5.97 Å². The summed E-state index contributed by atoms with van der Waals surface area (Å²) in [4.78, 5) is 10.6. The third kappa shape index (κ3) is 5.70. The van der Waals surface area contributed by atoms with E-state index in [-0.39, 0.29) is 18.4 Å². The van der Waals surface area contributed by atoms with E-state index in [9.17, 15) is 15.0 Å². The van der Waals surface area contributed by atoms with Gasteiger partial charge in [0.2, 0.25) is 0 Å². The zero-order chi connectivity index (χ0) is 20.1. The van der Waals surface area contributed by atoms with Crippen LogP contribution in [0.5, 0.6) is 0 Å². The van der Waals surface area contributed by atoms with Gasteiger partial charge in [0.25, 0.3) is 0 Å². The standard InChI is InChI=1S/C24H38O4/c1-16(18-7-3-4-8-18)12-20(25)10-11-21-22-14-17(6-2-5-9-24(27)28)13-19(22)15-23(21)26/h6,10-11,16,18-23,25-26H,2-5,7-9,12-15H2,1H3,(H,27,28)/t16?,19-,20+,21-,22+,23-/m1/s1. The predicted molar refractivity (Wildman–Crippen MR) is 111 cm³/mol. The molecule has 3 fully saturated rings. The lowest BCUT2D eigenvalue weighted by Crippen LogP contribution is -2.19. The Morgan fingerprint density at radius 2 is 2.00 bits per heavy atom. The zero-order valence-corrected chi connectivity index (χ0v) is 17.3. The van der Waals surface area contributed by atoms with Gasteiger partial charge in [0.1, 0.15) is 0 Å². The Hall–Kier alpha value is -1.13. The first-order chi connectivity index (χ1) is 13.4. The number of fused-ring (bicyclic) bond motifs is 1. The minimum atomic E-state index is -0.726. The quantitative estimate of drug-likeness (QED) is 0.394. The Labute approximate surface area is 169 Å². The number of aliphatic hydroxyl groups excluding tert-OH is 2. The molecule has 0 radical (unpaired) electrons. The molecule has 1 unspecified atom stereocenters. The number of aliphatic carboxylic acids is 1. The summed E-state index contributed by atoms with van der Waals surface area (Å²) < 4.78 is 0. The van der Waals surface area contributed by atoms with Crippen molar-refractivity contribution in [1.29, 1.82) is 0 Å². The zero-order valence-electron chi connectivity index (χ0n) is 17.3. The van der Waals surface area contributed by atoms with E-state index in [2.05, 4.69) is 19.1 Å². The molecule has 4 heteroatoms. The van der Waals surface area contributed by atoms with Gasteiger partial charge in [-0.05, 0) is 62.2 Å². The van der Waals surface area contributed by atoms with Crippen LogP contribution in [0.1, 0.15) is 77.6 Å². The van der Waals surface area contributed by atoms with Crippen LogP contribution in [0.3, 0.4) is 0 Å². The van der Waals surface area contributed by atoms with Gasteiger partial charge in [0.05, 0.1) is 12.2 Å². The second-order valence-corrected chi connectivity index (χ2v) is 9.57. The first-order valence-electron chi connectivity index (χ1n) is 11.4. The van der Waals surface area contributed by atoms with Crippen molar-refractivity contribution in [2.75, 3.05) is 0 Å². The molecule has 0 aliphatic heterocycles. The van der Waals surface area contributed by atoms with Crippen molar-refractivity contribution in [3.63, 3.8) is 0 Å². The van der Waals surface area contributed by atoms with Crippen LogP contribution in [0.25, 0.3) is 0 Å². The minimum Gasteiger partial charge on any atom is -0.481 e. The fourth-order valence-corrected chi connectivity index (χ4v) is 5.93. The predicted octanol–water partition coefficient (Wildman–Crippen LogP) is 4.71. The van der Waals surface area contributed by atoms with E-state index in [1.807, 2.05) is 6.08 Å². The van der Waals surface area contributed by atoms with Crippen LogP contribution in [0.4, 0.5) is 0 Å². The highest BCUT2D eigenvalue weighted by Gasteiger charge is 2.44. The number of allylic oxidation sites excluding steroid dienone is 2. The average molecular weight is 391 g/mol. The molecule has 158 valence electrons. The van der Waals surface area contributed by atoms with Crippen molar-refractivity contribution < 1.29 is 20.1 Å². The molecule has 3 aliphatic carbocycles. The molecule has 6 atom stereocenters. The molecule has 0 saturated heterocycles. The van der Waals surface area contributed by atoms with Gasteiger partial charge in [0, 0.05) is 12.3 Å². The van der Waals surface area contributed by atoms with Crippen LogP contribution >= 0.6 is 0 Å². The lowest BCUT2D eigenvalue weighted by Gasteiger charge is -2.21. The van der Waals surface area contributed by atoms with E-state index in [0.717, 1.165) is 38.0 Å². The molecule has 3 rings (SSSR count). The highest BCUT2D eigenvalue weighted by atomic mass is 16.4. The molecule has 3 aliphatic rings. The van der Waals surface area contributed by atoms with Crippen molar-refractivity contribution in [1.82, 2.24) is 0 Å². The van der Waals surface area contributed by atoms with Gasteiger partial charge < -0.3 is 15.3 Å². The largest absolute Gasteiger partial charge is 0.481 e. The normalized spacial score (nSPS) is 34.3. The van der Waals surface area contributed by atoms with Crippen molar-refractivity contribution in [3.8, 4) is 0 Å². The number of carboxylic acid groups (broad SMARTS) is 1. The van der Waals surface area contributed by atoms with Crippen molar-refractivity contribution in [2.45, 2.75) is 89.8 Å². The van der Waals surface area contributed by atoms with Crippen molar-refractivity contribution in [3.05, 3.63) is 23.8 Å². The van der Waals surface area contributed by atoms with Crippen molar-refractivity contribution >= 4 is 5.97 Å². The number of rotatable bonds is 9. The minimum absolute atomic E-state index is 0.145. The number of carboxylic acids is 1. The van der Waals surface area contributed by atoms with Crippen LogP contribution in [0, 0.1) is 29.6 Å². The molecule has 0 heterocycles. The summed E-state index contributed by atoms with van der Waals surface area (Å²) in [7, 11) is 0. The smallest absolute Gasteiger partial charge is 0.303 e. The molecular weight excluding hydrogens is 352 g/mol. The third-order valence-corrected chi connectivity index (χ3v) is 7.51. The van der Waals surface area contributed by atoms with Gasteiger partial charge in [-0.2, -0.15) is 0 Å². The first kappa shape index (κ1) is 21.6. The highest BCUT2D eigenvalue weighted by molar-refractivity contribution is 5.66. The Kier molecular flexibility index (Phi) is 7.76. The molecule has 0 spiro atoms. The van der Waals surface area contributed by atoms with Crippen LogP contribution in [0.2, 0.25) is 0 Å². The van der Waals surface area contributed by atoms with Crippen LogP contribution in [-0.4, -0.2) is 33.5 Å². The highest BCUT2D eigenvalue weighted by Crippen LogP contribution is 2.50. The molecule has 4 nitrogen and oxygen atoms in total. The molecular formula is C24H38O4. The molecule has 0 aromatic carbocycles. The van der Waals surface area contributed by atoms with E-state index in [0.29, 0.717) is 24.2 Å². The maximum atomic E-state index is 10.6. The molecule has 0 amide bonds. The van der Waals surface area contributed by atoms with Gasteiger partial charge in [0.15, 0.2) is 0 Å².